The van der Waals surface area contributed by atoms with Crippen molar-refractivity contribution in [2.45, 2.75) is 32.7 Å². The molecule has 0 aliphatic carbocycles. The van der Waals surface area contributed by atoms with E-state index in [1.807, 2.05) is 26.0 Å². The normalized spacial score (nSPS) is 12.8. The standard InChI is InChI=1S/C13H17N3O2/c1-3-9(13(17)18)16-10-7-5-6-8(14)12(10)15-11(16)4-2/h5-7,9H,3-4,14H2,1-2H3,(H,17,18). The minimum atomic E-state index is -0.839. The number of carboxylic acid groups (broad SMARTS) is 1. The number of carboxylic acids is 1. The molecule has 5 nitrogen and oxygen atoms in total. The first kappa shape index (κ1) is 12.4. The van der Waals surface area contributed by atoms with Crippen LogP contribution in [0.4, 0.5) is 5.69 Å². The second-order valence-corrected chi connectivity index (χ2v) is 4.23. The van der Waals surface area contributed by atoms with Crippen molar-refractivity contribution in [2.75, 3.05) is 5.73 Å². The lowest BCUT2D eigenvalue weighted by Gasteiger charge is -2.15. The third-order valence-corrected chi connectivity index (χ3v) is 3.12. The fourth-order valence-corrected chi connectivity index (χ4v) is 2.25. The molecule has 2 rings (SSSR count). The lowest BCUT2D eigenvalue weighted by Crippen LogP contribution is -2.20. The van der Waals surface area contributed by atoms with Gasteiger partial charge in [0, 0.05) is 6.42 Å². The molecule has 1 heterocycles. The second kappa shape index (κ2) is 4.68. The van der Waals surface area contributed by atoms with Gasteiger partial charge in [-0.3, -0.25) is 0 Å². The zero-order chi connectivity index (χ0) is 13.3. The third-order valence-electron chi connectivity index (χ3n) is 3.12. The van der Waals surface area contributed by atoms with Crippen LogP contribution in [0.15, 0.2) is 18.2 Å². The smallest absolute Gasteiger partial charge is 0.326 e. The number of hydrogen-bond acceptors (Lipinski definition) is 3. The minimum Gasteiger partial charge on any atom is -0.480 e. The van der Waals surface area contributed by atoms with Gasteiger partial charge in [0.05, 0.1) is 11.2 Å². The van der Waals surface area contributed by atoms with Gasteiger partial charge in [-0.05, 0) is 18.6 Å². The zero-order valence-electron chi connectivity index (χ0n) is 10.6. The summed E-state index contributed by atoms with van der Waals surface area (Å²) in [5, 5.41) is 9.31. The summed E-state index contributed by atoms with van der Waals surface area (Å²) in [5.41, 5.74) is 7.95. The highest BCUT2D eigenvalue weighted by molar-refractivity contribution is 5.89. The van der Waals surface area contributed by atoms with Crippen LogP contribution in [0.2, 0.25) is 0 Å². The van der Waals surface area contributed by atoms with Gasteiger partial charge in [0.15, 0.2) is 0 Å². The molecular formula is C13H17N3O2. The average Bonchev–Trinajstić information content (AvgIpc) is 2.70. The van der Waals surface area contributed by atoms with Gasteiger partial charge in [-0.2, -0.15) is 0 Å². The number of anilines is 1. The fraction of sp³-hybridized carbons (Fsp3) is 0.385. The minimum absolute atomic E-state index is 0.516. The van der Waals surface area contributed by atoms with Crippen molar-refractivity contribution < 1.29 is 9.90 Å². The summed E-state index contributed by atoms with van der Waals surface area (Å²) in [6.45, 7) is 3.82. The van der Waals surface area contributed by atoms with E-state index in [9.17, 15) is 9.90 Å². The van der Waals surface area contributed by atoms with Gasteiger partial charge in [0.1, 0.15) is 17.4 Å². The molecule has 1 unspecified atom stereocenters. The van der Waals surface area contributed by atoms with Crippen molar-refractivity contribution in [1.82, 2.24) is 9.55 Å². The summed E-state index contributed by atoms with van der Waals surface area (Å²) in [6.07, 6.45) is 1.19. The van der Waals surface area contributed by atoms with Crippen LogP contribution in [0.3, 0.4) is 0 Å². The Morgan fingerprint density at radius 3 is 2.78 bits per heavy atom. The summed E-state index contributed by atoms with van der Waals surface area (Å²) < 4.78 is 1.79. The number of nitrogen functional groups attached to an aromatic ring is 1. The Bertz CT molecular complexity index is 589. The predicted octanol–water partition coefficient (Wildman–Crippen LogP) is 2.22. The summed E-state index contributed by atoms with van der Waals surface area (Å²) >= 11 is 0. The monoisotopic (exact) mass is 247 g/mol. The van der Waals surface area contributed by atoms with Crippen LogP contribution in [-0.4, -0.2) is 20.6 Å². The van der Waals surface area contributed by atoms with Crippen molar-refractivity contribution in [2.24, 2.45) is 0 Å². The highest BCUT2D eigenvalue weighted by Crippen LogP contribution is 2.27. The molecule has 1 aromatic carbocycles. The Morgan fingerprint density at radius 1 is 1.50 bits per heavy atom. The van der Waals surface area contributed by atoms with Crippen molar-refractivity contribution in [3.05, 3.63) is 24.0 Å². The molecule has 1 aromatic heterocycles. The molecule has 1 atom stereocenters. The summed E-state index contributed by atoms with van der Waals surface area (Å²) in [4.78, 5) is 15.8. The Kier molecular flexibility index (Phi) is 3.23. The first-order chi connectivity index (χ1) is 8.60. The Balaban J connectivity index is 2.74. The van der Waals surface area contributed by atoms with E-state index in [2.05, 4.69) is 4.98 Å². The molecule has 3 N–H and O–H groups in total. The number of imidazole rings is 1. The maximum atomic E-state index is 11.3. The van der Waals surface area contributed by atoms with E-state index in [0.29, 0.717) is 24.0 Å². The molecule has 0 spiro atoms. The molecule has 0 bridgehead atoms. The molecule has 0 aliphatic heterocycles. The van der Waals surface area contributed by atoms with E-state index in [-0.39, 0.29) is 0 Å². The number of aromatic nitrogens is 2. The molecular weight excluding hydrogens is 230 g/mol. The maximum absolute atomic E-state index is 11.3. The van der Waals surface area contributed by atoms with Gasteiger partial charge < -0.3 is 15.4 Å². The van der Waals surface area contributed by atoms with E-state index in [0.717, 1.165) is 11.3 Å². The summed E-state index contributed by atoms with van der Waals surface area (Å²) in [5.74, 6) is -0.0777. The number of hydrogen-bond donors (Lipinski definition) is 2. The van der Waals surface area contributed by atoms with E-state index in [1.54, 1.807) is 10.6 Å². The van der Waals surface area contributed by atoms with Gasteiger partial charge in [0.2, 0.25) is 0 Å². The molecule has 0 saturated heterocycles. The fourth-order valence-electron chi connectivity index (χ4n) is 2.25. The first-order valence-corrected chi connectivity index (χ1v) is 6.08. The summed E-state index contributed by atoms with van der Waals surface area (Å²) in [6, 6.07) is 4.88. The van der Waals surface area contributed by atoms with E-state index in [1.165, 1.54) is 0 Å². The number of fused-ring (bicyclic) bond motifs is 1. The number of nitrogens with two attached hydrogens (primary N) is 1. The van der Waals surface area contributed by atoms with Crippen molar-refractivity contribution >= 4 is 22.7 Å². The zero-order valence-corrected chi connectivity index (χ0v) is 10.6. The van der Waals surface area contributed by atoms with Crippen molar-refractivity contribution in [1.29, 1.82) is 0 Å². The molecule has 0 amide bonds. The molecule has 5 heteroatoms. The Labute approximate surface area is 105 Å². The van der Waals surface area contributed by atoms with Crippen LogP contribution >= 0.6 is 0 Å². The second-order valence-electron chi connectivity index (χ2n) is 4.23. The number of benzene rings is 1. The van der Waals surface area contributed by atoms with Crippen molar-refractivity contribution in [3.8, 4) is 0 Å². The first-order valence-electron chi connectivity index (χ1n) is 6.08. The van der Waals surface area contributed by atoms with Crippen molar-refractivity contribution in [3.63, 3.8) is 0 Å². The van der Waals surface area contributed by atoms with Crippen LogP contribution < -0.4 is 5.73 Å². The van der Waals surface area contributed by atoms with Crippen LogP contribution in [0, 0.1) is 0 Å². The molecule has 0 aliphatic rings. The van der Waals surface area contributed by atoms with E-state index < -0.39 is 12.0 Å². The third kappa shape index (κ3) is 1.81. The van der Waals surface area contributed by atoms with Crippen LogP contribution in [-0.2, 0) is 11.2 Å². The van der Waals surface area contributed by atoms with Gasteiger partial charge in [-0.1, -0.05) is 19.9 Å². The van der Waals surface area contributed by atoms with E-state index in [4.69, 9.17) is 5.73 Å². The van der Waals surface area contributed by atoms with Gasteiger partial charge >= 0.3 is 5.97 Å². The Hall–Kier alpha value is -2.04. The lowest BCUT2D eigenvalue weighted by molar-refractivity contribution is -0.140. The Morgan fingerprint density at radius 2 is 2.22 bits per heavy atom. The average molecular weight is 247 g/mol. The van der Waals surface area contributed by atoms with Gasteiger partial charge in [0.25, 0.3) is 0 Å². The SMILES string of the molecule is CCc1nc2c(N)cccc2n1C(CC)C(=O)O. The topological polar surface area (TPSA) is 81.1 Å². The predicted molar refractivity (Wildman–Crippen MR) is 70.5 cm³/mol. The van der Waals surface area contributed by atoms with Gasteiger partial charge in [-0.25, -0.2) is 9.78 Å². The quantitative estimate of drug-likeness (QED) is 0.812. The van der Waals surface area contributed by atoms with E-state index >= 15 is 0 Å². The number of nitrogens with zero attached hydrogens (tertiary/aromatic N) is 2. The van der Waals surface area contributed by atoms with Gasteiger partial charge in [-0.15, -0.1) is 0 Å². The number of rotatable bonds is 4. The molecule has 0 saturated carbocycles. The molecule has 0 radical (unpaired) electrons. The highest BCUT2D eigenvalue weighted by atomic mass is 16.4. The number of para-hydroxylation sites is 1. The number of aryl methyl sites for hydroxylation is 1. The lowest BCUT2D eigenvalue weighted by atomic mass is 10.2. The van der Waals surface area contributed by atoms with Crippen LogP contribution in [0.25, 0.3) is 11.0 Å². The molecule has 2 aromatic rings. The molecule has 18 heavy (non-hydrogen) atoms. The van der Waals surface area contributed by atoms with Crippen LogP contribution in [0.5, 0.6) is 0 Å². The largest absolute Gasteiger partial charge is 0.480 e. The maximum Gasteiger partial charge on any atom is 0.326 e. The molecule has 96 valence electrons. The highest BCUT2D eigenvalue weighted by Gasteiger charge is 2.23. The molecule has 0 fully saturated rings. The summed E-state index contributed by atoms with van der Waals surface area (Å²) in [7, 11) is 0. The number of carbonyl (C=O) groups is 1. The number of aliphatic carboxylic acids is 1. The van der Waals surface area contributed by atoms with Crippen LogP contribution in [0.1, 0.15) is 32.1 Å².